The number of amides is 2. The number of imide groups is 1. The summed E-state index contributed by atoms with van der Waals surface area (Å²) < 4.78 is 5.04. The topological polar surface area (TPSA) is 46.6 Å². The van der Waals surface area contributed by atoms with E-state index in [1.165, 1.54) is 6.08 Å². The molecule has 1 heterocycles. The van der Waals surface area contributed by atoms with Gasteiger partial charge in [0.15, 0.2) is 0 Å². The van der Waals surface area contributed by atoms with Crippen molar-refractivity contribution in [1.29, 1.82) is 0 Å². The first-order valence-corrected chi connectivity index (χ1v) is 7.04. The number of cyclic esters (lactones) is 1. The van der Waals surface area contributed by atoms with Gasteiger partial charge >= 0.3 is 6.09 Å². The molecule has 2 aromatic carbocycles. The van der Waals surface area contributed by atoms with Crippen LogP contribution < -0.4 is 0 Å². The minimum Gasteiger partial charge on any atom is -0.446 e. The summed E-state index contributed by atoms with van der Waals surface area (Å²) in [4.78, 5) is 25.4. The summed E-state index contributed by atoms with van der Waals surface area (Å²) >= 11 is 0. The molecule has 110 valence electrons. The Morgan fingerprint density at radius 1 is 1.05 bits per heavy atom. The van der Waals surface area contributed by atoms with Crippen LogP contribution in [0.15, 0.2) is 66.7 Å². The van der Waals surface area contributed by atoms with Gasteiger partial charge in [0, 0.05) is 6.08 Å². The molecule has 2 aromatic rings. The molecule has 0 aliphatic carbocycles. The largest absolute Gasteiger partial charge is 0.446 e. The fourth-order valence-corrected chi connectivity index (χ4v) is 2.40. The van der Waals surface area contributed by atoms with E-state index in [1.54, 1.807) is 6.08 Å². The van der Waals surface area contributed by atoms with Crippen molar-refractivity contribution in [3.8, 4) is 0 Å². The normalized spacial score (nSPS) is 17.7. The van der Waals surface area contributed by atoms with E-state index in [4.69, 9.17) is 4.74 Å². The van der Waals surface area contributed by atoms with Crippen molar-refractivity contribution in [1.82, 2.24) is 4.90 Å². The fraction of sp³-hybridized carbons (Fsp3) is 0.111. The molecule has 0 radical (unpaired) electrons. The van der Waals surface area contributed by atoms with Crippen molar-refractivity contribution in [3.63, 3.8) is 0 Å². The quantitative estimate of drug-likeness (QED) is 0.815. The zero-order valence-electron chi connectivity index (χ0n) is 11.9. The number of carbonyl (C=O) groups excluding carboxylic acids is 2. The van der Waals surface area contributed by atoms with E-state index in [1.807, 2.05) is 60.7 Å². The Balaban J connectivity index is 1.80. The van der Waals surface area contributed by atoms with Crippen LogP contribution in [0.4, 0.5) is 4.79 Å². The second-order valence-corrected chi connectivity index (χ2v) is 4.96. The standard InChI is InChI=1S/C18H15NO3/c20-17(12-11-14-7-3-1-4-8-14)19-16(13-22-18(19)21)15-9-5-2-6-10-15/h1-12,16H,13H2/t16-/m1/s1. The lowest BCUT2D eigenvalue weighted by Gasteiger charge is -2.18. The maximum atomic E-state index is 12.4. The molecule has 1 atom stereocenters. The second kappa shape index (κ2) is 6.26. The Bertz CT molecular complexity index is 695. The van der Waals surface area contributed by atoms with Crippen LogP contribution in [0.5, 0.6) is 0 Å². The van der Waals surface area contributed by atoms with Crippen molar-refractivity contribution in [2.75, 3.05) is 6.61 Å². The van der Waals surface area contributed by atoms with Crippen LogP contribution in [0.25, 0.3) is 6.08 Å². The maximum Gasteiger partial charge on any atom is 0.417 e. The highest BCUT2D eigenvalue weighted by molar-refractivity contribution is 6.02. The van der Waals surface area contributed by atoms with Gasteiger partial charge in [0.2, 0.25) is 0 Å². The lowest BCUT2D eigenvalue weighted by molar-refractivity contribution is -0.124. The first-order valence-electron chi connectivity index (χ1n) is 7.04. The van der Waals surface area contributed by atoms with E-state index < -0.39 is 6.09 Å². The van der Waals surface area contributed by atoms with Crippen molar-refractivity contribution in [2.45, 2.75) is 6.04 Å². The van der Waals surface area contributed by atoms with E-state index >= 15 is 0 Å². The van der Waals surface area contributed by atoms with Crippen molar-refractivity contribution >= 4 is 18.1 Å². The van der Waals surface area contributed by atoms with Gasteiger partial charge in [-0.15, -0.1) is 0 Å². The SMILES string of the molecule is O=C(C=Cc1ccccc1)N1C(=O)OC[C@@H]1c1ccccc1. The summed E-state index contributed by atoms with van der Waals surface area (Å²) in [5.41, 5.74) is 1.79. The first-order chi connectivity index (χ1) is 10.8. The van der Waals surface area contributed by atoms with Gasteiger partial charge in [0.25, 0.3) is 5.91 Å². The van der Waals surface area contributed by atoms with Gasteiger partial charge in [-0.05, 0) is 17.2 Å². The molecular formula is C18H15NO3. The molecule has 4 nitrogen and oxygen atoms in total. The Morgan fingerprint density at radius 2 is 1.68 bits per heavy atom. The van der Waals surface area contributed by atoms with Gasteiger partial charge in [0.05, 0.1) is 0 Å². The van der Waals surface area contributed by atoms with Gasteiger partial charge in [-0.3, -0.25) is 4.79 Å². The smallest absolute Gasteiger partial charge is 0.417 e. The molecule has 22 heavy (non-hydrogen) atoms. The Labute approximate surface area is 128 Å². The molecule has 2 amide bonds. The lowest BCUT2D eigenvalue weighted by atomic mass is 10.1. The average Bonchev–Trinajstić information content (AvgIpc) is 2.96. The predicted octanol–water partition coefficient (Wildman–Crippen LogP) is 3.42. The van der Waals surface area contributed by atoms with Crippen LogP contribution in [0.3, 0.4) is 0 Å². The highest BCUT2D eigenvalue weighted by Crippen LogP contribution is 2.27. The highest BCUT2D eigenvalue weighted by atomic mass is 16.6. The monoisotopic (exact) mass is 293 g/mol. The maximum absolute atomic E-state index is 12.4. The summed E-state index contributed by atoms with van der Waals surface area (Å²) in [7, 11) is 0. The Hall–Kier alpha value is -2.88. The number of carbonyl (C=O) groups is 2. The minimum absolute atomic E-state index is 0.188. The number of hydrogen-bond acceptors (Lipinski definition) is 3. The van der Waals surface area contributed by atoms with Crippen LogP contribution in [-0.2, 0) is 9.53 Å². The average molecular weight is 293 g/mol. The van der Waals surface area contributed by atoms with Crippen molar-refractivity contribution in [3.05, 3.63) is 77.9 Å². The molecule has 0 unspecified atom stereocenters. The predicted molar refractivity (Wildman–Crippen MR) is 82.9 cm³/mol. The molecule has 0 spiro atoms. The Kier molecular flexibility index (Phi) is 4.01. The van der Waals surface area contributed by atoms with Crippen LogP contribution in [0, 0.1) is 0 Å². The number of ether oxygens (including phenoxy) is 1. The van der Waals surface area contributed by atoms with E-state index in [9.17, 15) is 9.59 Å². The van der Waals surface area contributed by atoms with Crippen LogP contribution in [-0.4, -0.2) is 23.5 Å². The second-order valence-electron chi connectivity index (χ2n) is 4.96. The molecule has 1 aliphatic rings. The van der Waals surface area contributed by atoms with Crippen LogP contribution in [0.2, 0.25) is 0 Å². The van der Waals surface area contributed by atoms with Crippen LogP contribution in [0.1, 0.15) is 17.2 Å². The molecule has 0 N–H and O–H groups in total. The summed E-state index contributed by atoms with van der Waals surface area (Å²) in [6, 6.07) is 18.5. The molecule has 0 bridgehead atoms. The zero-order chi connectivity index (χ0) is 15.4. The van der Waals surface area contributed by atoms with Crippen molar-refractivity contribution < 1.29 is 14.3 Å². The molecule has 0 aromatic heterocycles. The molecule has 0 saturated carbocycles. The molecule has 1 aliphatic heterocycles. The van der Waals surface area contributed by atoms with Gasteiger partial charge < -0.3 is 4.74 Å². The third-order valence-corrected chi connectivity index (χ3v) is 3.51. The summed E-state index contributed by atoms with van der Waals surface area (Å²) in [5.74, 6) is -0.375. The van der Waals surface area contributed by atoms with Gasteiger partial charge in [-0.1, -0.05) is 60.7 Å². The van der Waals surface area contributed by atoms with Gasteiger partial charge in [-0.25, -0.2) is 9.69 Å². The lowest BCUT2D eigenvalue weighted by Crippen LogP contribution is -2.32. The number of nitrogens with zero attached hydrogens (tertiary/aromatic N) is 1. The summed E-state index contributed by atoms with van der Waals surface area (Å²) in [6.45, 7) is 0.188. The van der Waals surface area contributed by atoms with Gasteiger partial charge in [0.1, 0.15) is 12.6 Å². The van der Waals surface area contributed by atoms with E-state index in [0.717, 1.165) is 16.0 Å². The number of hydrogen-bond donors (Lipinski definition) is 0. The zero-order valence-corrected chi connectivity index (χ0v) is 11.9. The van der Waals surface area contributed by atoms with E-state index in [2.05, 4.69) is 0 Å². The van der Waals surface area contributed by atoms with Crippen LogP contribution >= 0.6 is 0 Å². The number of benzene rings is 2. The molecule has 1 fully saturated rings. The third-order valence-electron chi connectivity index (χ3n) is 3.51. The van der Waals surface area contributed by atoms with Gasteiger partial charge in [-0.2, -0.15) is 0 Å². The first kappa shape index (κ1) is 14.1. The third kappa shape index (κ3) is 2.91. The highest BCUT2D eigenvalue weighted by Gasteiger charge is 2.37. The molecule has 1 saturated heterocycles. The summed E-state index contributed by atoms with van der Waals surface area (Å²) in [5, 5.41) is 0. The minimum atomic E-state index is -0.600. The Morgan fingerprint density at radius 3 is 2.36 bits per heavy atom. The molecular weight excluding hydrogens is 278 g/mol. The number of rotatable bonds is 3. The fourth-order valence-electron chi connectivity index (χ4n) is 2.40. The van der Waals surface area contributed by atoms with E-state index in [-0.39, 0.29) is 18.6 Å². The summed E-state index contributed by atoms with van der Waals surface area (Å²) in [6.07, 6.45) is 2.49. The molecule has 4 heteroatoms. The van der Waals surface area contributed by atoms with Crippen molar-refractivity contribution in [2.24, 2.45) is 0 Å². The molecule has 3 rings (SSSR count). The van der Waals surface area contributed by atoms with E-state index in [0.29, 0.717) is 0 Å².